The first kappa shape index (κ1) is 17.6. The minimum Gasteiger partial charge on any atom is -0.352 e. The number of aromatic amines is 1. The van der Waals surface area contributed by atoms with Gasteiger partial charge in [-0.3, -0.25) is 4.99 Å². The molecule has 3 aromatic rings. The number of H-pyrrole nitrogens is 1. The van der Waals surface area contributed by atoms with Crippen molar-refractivity contribution in [1.82, 2.24) is 19.9 Å². The van der Waals surface area contributed by atoms with Crippen LogP contribution in [0.15, 0.2) is 29.5 Å². The van der Waals surface area contributed by atoms with Gasteiger partial charge in [-0.15, -0.1) is 0 Å². The fourth-order valence-electron chi connectivity index (χ4n) is 3.71. The van der Waals surface area contributed by atoms with Crippen LogP contribution in [0, 0.1) is 5.92 Å². The van der Waals surface area contributed by atoms with E-state index in [-0.39, 0.29) is 5.92 Å². The second-order valence-corrected chi connectivity index (χ2v) is 7.69. The van der Waals surface area contributed by atoms with Gasteiger partial charge in [-0.1, -0.05) is 20.8 Å². The predicted molar refractivity (Wildman–Crippen MR) is 111 cm³/mol. The fourth-order valence-corrected chi connectivity index (χ4v) is 3.71. The average Bonchev–Trinajstić information content (AvgIpc) is 3.20. The molecule has 3 aromatic heterocycles. The van der Waals surface area contributed by atoms with Crippen LogP contribution in [-0.4, -0.2) is 31.7 Å². The minimum atomic E-state index is 0.285. The van der Waals surface area contributed by atoms with Crippen LogP contribution in [0.4, 0.5) is 11.6 Å². The molecule has 0 bridgehead atoms. The van der Waals surface area contributed by atoms with Crippen molar-refractivity contribution in [3.05, 3.63) is 30.2 Å². The van der Waals surface area contributed by atoms with Gasteiger partial charge < -0.3 is 10.3 Å². The van der Waals surface area contributed by atoms with Crippen LogP contribution < -0.4 is 5.32 Å². The smallest absolute Gasteiger partial charge is 0.224 e. The third-order valence-electron chi connectivity index (χ3n) is 5.31. The van der Waals surface area contributed by atoms with Crippen molar-refractivity contribution < 1.29 is 0 Å². The molecule has 0 saturated carbocycles. The Morgan fingerprint density at radius 2 is 2.00 bits per heavy atom. The van der Waals surface area contributed by atoms with E-state index in [1.807, 2.05) is 18.5 Å². The summed E-state index contributed by atoms with van der Waals surface area (Å²) in [4.78, 5) is 22.0. The Kier molecular flexibility index (Phi) is 4.42. The molecular weight excluding hydrogens is 336 g/mol. The van der Waals surface area contributed by atoms with Gasteiger partial charge in [-0.2, -0.15) is 4.98 Å². The maximum atomic E-state index is 4.98. The zero-order valence-corrected chi connectivity index (χ0v) is 16.5. The number of aromatic nitrogens is 4. The van der Waals surface area contributed by atoms with E-state index < -0.39 is 0 Å². The first-order valence-corrected chi connectivity index (χ1v) is 9.65. The van der Waals surface area contributed by atoms with Gasteiger partial charge in [-0.05, 0) is 38.3 Å². The molecule has 27 heavy (non-hydrogen) atoms. The fraction of sp³-hybridized carbons (Fsp3) is 0.429. The van der Waals surface area contributed by atoms with Crippen LogP contribution in [0.25, 0.3) is 22.3 Å². The van der Waals surface area contributed by atoms with Crippen LogP contribution in [0.5, 0.6) is 0 Å². The SMILES string of the molecule is CC[C@H](C)Nc1ncc2c(-c3ccc4c(n3)[C@H](C(C)C)C(C)=N4)c[nH]c2n1. The quantitative estimate of drug-likeness (QED) is 0.664. The number of pyridine rings is 1. The van der Waals surface area contributed by atoms with Gasteiger partial charge in [0.05, 0.1) is 17.1 Å². The molecule has 0 saturated heterocycles. The Bertz CT molecular complexity index is 1020. The molecular formula is C21H26N6. The standard InChI is InChI=1S/C21H26N6/c1-6-12(4)24-21-23-10-15-14(9-22-20(15)27-21)16-7-8-17-19(26-16)18(11(2)3)13(5)25-17/h7-12,18H,6H2,1-5H3,(H2,22,23,24,27)/t12-,18+/m0/s1. The van der Waals surface area contributed by atoms with Crippen LogP contribution in [-0.2, 0) is 0 Å². The molecule has 1 aliphatic rings. The normalized spacial score (nSPS) is 17.3. The Balaban J connectivity index is 1.72. The lowest BCUT2D eigenvalue weighted by atomic mass is 9.89. The maximum Gasteiger partial charge on any atom is 0.224 e. The second kappa shape index (κ2) is 6.76. The number of rotatable bonds is 5. The highest BCUT2D eigenvalue weighted by atomic mass is 15.1. The van der Waals surface area contributed by atoms with Crippen LogP contribution in [0.3, 0.4) is 0 Å². The molecule has 0 spiro atoms. The highest BCUT2D eigenvalue weighted by Crippen LogP contribution is 2.40. The second-order valence-electron chi connectivity index (χ2n) is 7.69. The van der Waals surface area contributed by atoms with Gasteiger partial charge in [0, 0.05) is 41.0 Å². The molecule has 0 aromatic carbocycles. The number of aliphatic imine (C=N–C) groups is 1. The summed E-state index contributed by atoms with van der Waals surface area (Å²) in [6.45, 7) is 10.8. The number of nitrogens with zero attached hydrogens (tertiary/aromatic N) is 4. The van der Waals surface area contributed by atoms with Gasteiger partial charge in [-0.25, -0.2) is 9.97 Å². The van der Waals surface area contributed by atoms with Crippen molar-refractivity contribution in [2.24, 2.45) is 10.9 Å². The summed E-state index contributed by atoms with van der Waals surface area (Å²) in [7, 11) is 0. The number of fused-ring (bicyclic) bond motifs is 2. The molecule has 0 amide bonds. The molecule has 0 fully saturated rings. The van der Waals surface area contributed by atoms with Crippen molar-refractivity contribution in [3.63, 3.8) is 0 Å². The molecule has 2 atom stereocenters. The lowest BCUT2D eigenvalue weighted by Crippen LogP contribution is -2.15. The van der Waals surface area contributed by atoms with Gasteiger partial charge in [0.15, 0.2) is 0 Å². The van der Waals surface area contributed by atoms with E-state index in [1.165, 1.54) is 0 Å². The van der Waals surface area contributed by atoms with Gasteiger partial charge in [0.2, 0.25) is 5.95 Å². The molecule has 1 aliphatic heterocycles. The first-order chi connectivity index (χ1) is 13.0. The first-order valence-electron chi connectivity index (χ1n) is 9.65. The lowest BCUT2D eigenvalue weighted by molar-refractivity contribution is 0.598. The Labute approximate surface area is 159 Å². The molecule has 0 unspecified atom stereocenters. The van der Waals surface area contributed by atoms with E-state index in [0.717, 1.165) is 45.8 Å². The summed E-state index contributed by atoms with van der Waals surface area (Å²) in [5.74, 6) is 1.40. The third-order valence-corrected chi connectivity index (χ3v) is 5.31. The van der Waals surface area contributed by atoms with Crippen LogP contribution in [0.2, 0.25) is 0 Å². The topological polar surface area (TPSA) is 78.9 Å². The molecule has 4 heterocycles. The van der Waals surface area contributed by atoms with Crippen molar-refractivity contribution in [2.75, 3.05) is 5.32 Å². The Morgan fingerprint density at radius 1 is 1.19 bits per heavy atom. The van der Waals surface area contributed by atoms with Crippen molar-refractivity contribution >= 4 is 28.4 Å². The number of nitrogens with one attached hydrogen (secondary N) is 2. The molecule has 0 aliphatic carbocycles. The summed E-state index contributed by atoms with van der Waals surface area (Å²) in [5.41, 5.74) is 5.99. The monoisotopic (exact) mass is 362 g/mol. The number of hydrogen-bond acceptors (Lipinski definition) is 5. The summed E-state index contributed by atoms with van der Waals surface area (Å²) in [5, 5.41) is 4.30. The largest absolute Gasteiger partial charge is 0.352 e. The Hall–Kier alpha value is -2.76. The highest BCUT2D eigenvalue weighted by molar-refractivity contribution is 5.97. The molecule has 0 radical (unpaired) electrons. The number of hydrogen-bond donors (Lipinski definition) is 2. The zero-order valence-electron chi connectivity index (χ0n) is 16.5. The minimum absolute atomic E-state index is 0.285. The van der Waals surface area contributed by atoms with Crippen molar-refractivity contribution in [3.8, 4) is 11.3 Å². The average molecular weight is 362 g/mol. The van der Waals surface area contributed by atoms with Gasteiger partial charge >= 0.3 is 0 Å². The Morgan fingerprint density at radius 3 is 2.74 bits per heavy atom. The summed E-state index contributed by atoms with van der Waals surface area (Å²) < 4.78 is 0. The third kappa shape index (κ3) is 3.09. The van der Waals surface area contributed by atoms with E-state index in [2.05, 4.69) is 61.0 Å². The number of anilines is 1. The van der Waals surface area contributed by atoms with E-state index in [9.17, 15) is 0 Å². The van der Waals surface area contributed by atoms with E-state index in [4.69, 9.17) is 9.98 Å². The predicted octanol–water partition coefficient (Wildman–Crippen LogP) is 5.08. The summed E-state index contributed by atoms with van der Waals surface area (Å²) in [6.07, 6.45) is 4.86. The van der Waals surface area contributed by atoms with E-state index in [0.29, 0.717) is 17.9 Å². The molecule has 6 heteroatoms. The lowest BCUT2D eigenvalue weighted by Gasteiger charge is -2.16. The van der Waals surface area contributed by atoms with Crippen LogP contribution >= 0.6 is 0 Å². The van der Waals surface area contributed by atoms with Gasteiger partial charge in [0.25, 0.3) is 0 Å². The van der Waals surface area contributed by atoms with Crippen LogP contribution in [0.1, 0.15) is 52.7 Å². The maximum absolute atomic E-state index is 4.98. The highest BCUT2D eigenvalue weighted by Gasteiger charge is 2.29. The van der Waals surface area contributed by atoms with Crippen molar-refractivity contribution in [1.29, 1.82) is 0 Å². The zero-order chi connectivity index (χ0) is 19.1. The van der Waals surface area contributed by atoms with Crippen molar-refractivity contribution in [2.45, 2.75) is 53.0 Å². The van der Waals surface area contributed by atoms with E-state index >= 15 is 0 Å². The molecule has 6 nitrogen and oxygen atoms in total. The summed E-state index contributed by atoms with van der Waals surface area (Å²) in [6, 6.07) is 4.44. The van der Waals surface area contributed by atoms with Gasteiger partial charge in [0.1, 0.15) is 5.65 Å². The molecule has 2 N–H and O–H groups in total. The molecule has 4 rings (SSSR count). The van der Waals surface area contributed by atoms with E-state index in [1.54, 1.807) is 0 Å². The summed E-state index contributed by atoms with van der Waals surface area (Å²) >= 11 is 0. The molecule has 140 valence electrons.